The Hall–Kier alpha value is -1.75. The molecule has 0 spiro atoms. The van der Waals surface area contributed by atoms with Crippen molar-refractivity contribution in [2.24, 2.45) is 0 Å². The fraction of sp³-hybridized carbons (Fsp3) is 0.471. The van der Waals surface area contributed by atoms with Crippen molar-refractivity contribution in [1.29, 1.82) is 0 Å². The number of carbonyl (C=O) groups excluding carboxylic acids is 1. The molecule has 0 aliphatic rings. The quantitative estimate of drug-likeness (QED) is 0.848. The van der Waals surface area contributed by atoms with Gasteiger partial charge in [-0.05, 0) is 45.2 Å². The molecule has 1 N–H and O–H groups in total. The van der Waals surface area contributed by atoms with Crippen molar-refractivity contribution in [2.75, 3.05) is 0 Å². The van der Waals surface area contributed by atoms with Gasteiger partial charge in [0.2, 0.25) is 5.91 Å². The van der Waals surface area contributed by atoms with Gasteiger partial charge in [-0.2, -0.15) is 0 Å². The van der Waals surface area contributed by atoms with E-state index < -0.39 is 0 Å². The average molecular weight is 317 g/mol. The first kappa shape index (κ1) is 16.6. The van der Waals surface area contributed by atoms with E-state index in [1.165, 1.54) is 0 Å². The molecule has 0 aliphatic heterocycles. The van der Waals surface area contributed by atoms with E-state index in [-0.39, 0.29) is 11.4 Å². The number of carbonyl (C=O) groups is 1. The monoisotopic (exact) mass is 317 g/mol. The first-order chi connectivity index (χ1) is 10.5. The molecule has 0 bridgehead atoms. The highest BCUT2D eigenvalue weighted by Gasteiger charge is 2.29. The van der Waals surface area contributed by atoms with Crippen LogP contribution in [0.4, 0.5) is 0 Å². The maximum absolute atomic E-state index is 12.2. The summed E-state index contributed by atoms with van der Waals surface area (Å²) in [6, 6.07) is 5.87. The first-order valence-electron chi connectivity index (χ1n) is 7.67. The number of nitrogens with zero attached hydrogens (tertiary/aromatic N) is 2. The van der Waals surface area contributed by atoms with Crippen molar-refractivity contribution >= 4 is 17.2 Å². The molecule has 5 heteroatoms. The minimum absolute atomic E-state index is 0.0770. The lowest BCUT2D eigenvalue weighted by Crippen LogP contribution is -2.43. The van der Waals surface area contributed by atoms with Crippen LogP contribution in [0.3, 0.4) is 0 Å². The van der Waals surface area contributed by atoms with E-state index in [9.17, 15) is 4.79 Å². The van der Waals surface area contributed by atoms with Gasteiger partial charge in [-0.3, -0.25) is 9.78 Å². The zero-order valence-electron chi connectivity index (χ0n) is 13.4. The Morgan fingerprint density at radius 1 is 1.41 bits per heavy atom. The van der Waals surface area contributed by atoms with Crippen LogP contribution in [-0.4, -0.2) is 15.9 Å². The fourth-order valence-corrected chi connectivity index (χ4v) is 3.23. The second kappa shape index (κ2) is 7.49. The highest BCUT2D eigenvalue weighted by Crippen LogP contribution is 2.27. The standard InChI is InChI=1S/C17H23N3OS/c1-4-17(3,16-19-13(2)12-22-16)20-15(21)10-7-9-14-8-5-6-11-18-14/h5-6,8,11-12H,4,7,9-10H2,1-3H3,(H,20,21)/t17-/m1/s1. The molecule has 0 aliphatic carbocycles. The number of aryl methyl sites for hydroxylation is 2. The number of aromatic nitrogens is 2. The lowest BCUT2D eigenvalue weighted by atomic mass is 9.99. The van der Waals surface area contributed by atoms with Gasteiger partial charge in [-0.15, -0.1) is 11.3 Å². The first-order valence-corrected chi connectivity index (χ1v) is 8.55. The SMILES string of the molecule is CC[C@@](C)(NC(=O)CCCc1ccccn1)c1nc(C)cs1. The molecule has 0 radical (unpaired) electrons. The van der Waals surface area contributed by atoms with Crippen LogP contribution in [-0.2, 0) is 16.8 Å². The molecular formula is C17H23N3OS. The van der Waals surface area contributed by atoms with Crippen molar-refractivity contribution in [3.8, 4) is 0 Å². The molecule has 2 aromatic rings. The number of hydrogen-bond donors (Lipinski definition) is 1. The molecule has 0 aromatic carbocycles. The van der Waals surface area contributed by atoms with Crippen LogP contribution in [0, 0.1) is 6.92 Å². The van der Waals surface area contributed by atoms with Gasteiger partial charge < -0.3 is 5.32 Å². The van der Waals surface area contributed by atoms with Crippen molar-refractivity contribution < 1.29 is 4.79 Å². The molecule has 22 heavy (non-hydrogen) atoms. The van der Waals surface area contributed by atoms with Crippen LogP contribution in [0.15, 0.2) is 29.8 Å². The van der Waals surface area contributed by atoms with Crippen LogP contribution < -0.4 is 5.32 Å². The Labute approximate surface area is 136 Å². The van der Waals surface area contributed by atoms with Gasteiger partial charge in [0.15, 0.2) is 0 Å². The minimum Gasteiger partial charge on any atom is -0.344 e. The molecule has 118 valence electrons. The van der Waals surface area contributed by atoms with Gasteiger partial charge in [-0.25, -0.2) is 4.98 Å². The number of pyridine rings is 1. The molecule has 4 nitrogen and oxygen atoms in total. The summed E-state index contributed by atoms with van der Waals surface area (Å²) in [5.41, 5.74) is 1.66. The zero-order valence-corrected chi connectivity index (χ0v) is 14.2. The summed E-state index contributed by atoms with van der Waals surface area (Å²) < 4.78 is 0. The third-order valence-corrected chi connectivity index (χ3v) is 5.00. The lowest BCUT2D eigenvalue weighted by molar-refractivity contribution is -0.123. The number of nitrogens with one attached hydrogen (secondary N) is 1. The third kappa shape index (κ3) is 4.37. The Morgan fingerprint density at radius 2 is 2.23 bits per heavy atom. The van der Waals surface area contributed by atoms with Gasteiger partial charge in [0.05, 0.1) is 5.54 Å². The number of amides is 1. The molecule has 0 saturated heterocycles. The third-order valence-electron chi connectivity index (χ3n) is 3.78. The van der Waals surface area contributed by atoms with Crippen molar-refractivity contribution in [2.45, 2.75) is 52.0 Å². The summed E-state index contributed by atoms with van der Waals surface area (Å²) >= 11 is 1.61. The highest BCUT2D eigenvalue weighted by molar-refractivity contribution is 7.09. The summed E-state index contributed by atoms with van der Waals surface area (Å²) in [7, 11) is 0. The molecule has 0 fully saturated rings. The van der Waals surface area contributed by atoms with E-state index >= 15 is 0 Å². The van der Waals surface area contributed by atoms with Crippen LogP contribution >= 0.6 is 11.3 Å². The molecular weight excluding hydrogens is 294 g/mol. The normalized spacial score (nSPS) is 13.6. The van der Waals surface area contributed by atoms with E-state index in [0.29, 0.717) is 6.42 Å². The Bertz CT molecular complexity index is 611. The van der Waals surface area contributed by atoms with Crippen LogP contribution in [0.2, 0.25) is 0 Å². The van der Waals surface area contributed by atoms with Crippen molar-refractivity contribution in [3.63, 3.8) is 0 Å². The predicted molar refractivity (Wildman–Crippen MR) is 89.8 cm³/mol. The van der Waals surface area contributed by atoms with E-state index in [0.717, 1.165) is 35.7 Å². The predicted octanol–water partition coefficient (Wildman–Crippen LogP) is 3.61. The molecule has 2 rings (SSSR count). The summed E-state index contributed by atoms with van der Waals surface area (Å²) in [5.74, 6) is 0.0770. The van der Waals surface area contributed by atoms with Crippen molar-refractivity contribution in [3.05, 3.63) is 46.2 Å². The Kier molecular flexibility index (Phi) is 5.66. The smallest absolute Gasteiger partial charge is 0.220 e. The van der Waals surface area contributed by atoms with Gasteiger partial charge in [-0.1, -0.05) is 13.0 Å². The van der Waals surface area contributed by atoms with E-state index in [2.05, 4.69) is 22.2 Å². The lowest BCUT2D eigenvalue weighted by Gasteiger charge is -2.27. The average Bonchev–Trinajstić information content (AvgIpc) is 2.95. The van der Waals surface area contributed by atoms with E-state index in [4.69, 9.17) is 0 Å². The van der Waals surface area contributed by atoms with Gasteiger partial charge in [0.25, 0.3) is 0 Å². The zero-order chi connectivity index (χ0) is 16.0. The molecule has 0 saturated carbocycles. The molecule has 2 aromatic heterocycles. The summed E-state index contributed by atoms with van der Waals surface area (Å²) in [5, 5.41) is 6.15. The van der Waals surface area contributed by atoms with E-state index in [1.807, 2.05) is 37.4 Å². The maximum atomic E-state index is 12.2. The van der Waals surface area contributed by atoms with Gasteiger partial charge in [0, 0.05) is 29.4 Å². The van der Waals surface area contributed by atoms with Crippen LogP contribution in [0.25, 0.3) is 0 Å². The summed E-state index contributed by atoms with van der Waals surface area (Å²) in [6.45, 7) is 6.09. The Morgan fingerprint density at radius 3 is 2.82 bits per heavy atom. The van der Waals surface area contributed by atoms with E-state index in [1.54, 1.807) is 17.5 Å². The summed E-state index contributed by atoms with van der Waals surface area (Å²) in [4.78, 5) is 21.0. The molecule has 1 amide bonds. The fourth-order valence-electron chi connectivity index (χ4n) is 2.25. The van der Waals surface area contributed by atoms with Crippen LogP contribution in [0.5, 0.6) is 0 Å². The summed E-state index contributed by atoms with van der Waals surface area (Å²) in [6.07, 6.45) is 4.75. The number of hydrogen-bond acceptors (Lipinski definition) is 4. The molecule has 1 atom stereocenters. The second-order valence-electron chi connectivity index (χ2n) is 5.70. The van der Waals surface area contributed by atoms with Crippen molar-refractivity contribution in [1.82, 2.24) is 15.3 Å². The number of rotatable bonds is 7. The van der Waals surface area contributed by atoms with Gasteiger partial charge in [0.1, 0.15) is 5.01 Å². The highest BCUT2D eigenvalue weighted by atomic mass is 32.1. The maximum Gasteiger partial charge on any atom is 0.220 e. The minimum atomic E-state index is -0.374. The topological polar surface area (TPSA) is 54.9 Å². The second-order valence-corrected chi connectivity index (χ2v) is 6.56. The largest absolute Gasteiger partial charge is 0.344 e. The molecule has 0 unspecified atom stereocenters. The number of thiazole rings is 1. The van der Waals surface area contributed by atoms with Gasteiger partial charge >= 0.3 is 0 Å². The van der Waals surface area contributed by atoms with Crippen LogP contribution in [0.1, 0.15) is 49.5 Å². The molecule has 2 heterocycles. The Balaban J connectivity index is 1.87.